The van der Waals surface area contributed by atoms with Gasteiger partial charge in [-0.2, -0.15) is 0 Å². The predicted molar refractivity (Wildman–Crippen MR) is 95.3 cm³/mol. The number of piperazine rings is 1. The van der Waals surface area contributed by atoms with Crippen LogP contribution < -0.4 is 5.32 Å². The van der Waals surface area contributed by atoms with Crippen molar-refractivity contribution in [3.63, 3.8) is 0 Å². The molecule has 2 fully saturated rings. The number of halogens is 1. The molecule has 26 heavy (non-hydrogen) atoms. The van der Waals surface area contributed by atoms with Crippen molar-refractivity contribution in [1.82, 2.24) is 15.1 Å². The Bertz CT molecular complexity index is 648. The number of ether oxygens (including phenoxy) is 1. The number of carbonyl (C=O) groups is 2. The predicted octanol–water partition coefficient (Wildman–Crippen LogP) is 1.13. The molecule has 0 radical (unpaired) electrons. The number of nitrogens with zero attached hydrogens (tertiary/aromatic N) is 2. The minimum atomic E-state index is -0.464. The number of carbonyl (C=O) groups excluding carboxylic acids is 2. The number of hydrogen-bond acceptors (Lipinski definition) is 4. The molecule has 2 aliphatic heterocycles. The Kier molecular flexibility index (Phi) is 5.88. The lowest BCUT2D eigenvalue weighted by molar-refractivity contribution is -0.149. The number of methoxy groups -OCH3 is 1. The maximum atomic E-state index is 13.3. The van der Waals surface area contributed by atoms with E-state index in [2.05, 4.69) is 5.32 Å². The molecule has 2 saturated heterocycles. The van der Waals surface area contributed by atoms with Gasteiger partial charge in [-0.15, -0.1) is 0 Å². The summed E-state index contributed by atoms with van der Waals surface area (Å²) in [5.74, 6) is -0.485. The highest BCUT2D eigenvalue weighted by molar-refractivity contribution is 5.94. The molecule has 2 aliphatic rings. The van der Waals surface area contributed by atoms with Crippen molar-refractivity contribution in [3.8, 4) is 0 Å². The van der Waals surface area contributed by atoms with Gasteiger partial charge in [0.25, 0.3) is 5.91 Å². The second-order valence-corrected chi connectivity index (χ2v) is 7.06. The molecule has 0 saturated carbocycles. The summed E-state index contributed by atoms with van der Waals surface area (Å²) in [5.41, 5.74) is -0.117. The fourth-order valence-corrected chi connectivity index (χ4v) is 3.85. The molecule has 142 valence electrons. The third kappa shape index (κ3) is 3.88. The first-order valence-corrected chi connectivity index (χ1v) is 9.10. The Labute approximate surface area is 153 Å². The van der Waals surface area contributed by atoms with Gasteiger partial charge in [0.2, 0.25) is 5.91 Å². The van der Waals surface area contributed by atoms with Gasteiger partial charge < -0.3 is 19.9 Å². The fraction of sp³-hybridized carbons (Fsp3) is 0.579. The molecule has 3 rings (SSSR count). The minimum Gasteiger partial charge on any atom is -0.384 e. The zero-order valence-corrected chi connectivity index (χ0v) is 15.2. The molecule has 0 aromatic heterocycles. The summed E-state index contributed by atoms with van der Waals surface area (Å²) in [6.07, 6.45) is 1.53. The molecule has 0 bridgehead atoms. The van der Waals surface area contributed by atoms with Crippen molar-refractivity contribution in [3.05, 3.63) is 35.6 Å². The Morgan fingerprint density at radius 3 is 2.42 bits per heavy atom. The van der Waals surface area contributed by atoms with Crippen LogP contribution >= 0.6 is 0 Å². The van der Waals surface area contributed by atoms with Gasteiger partial charge in [-0.1, -0.05) is 6.07 Å². The number of amides is 2. The lowest BCUT2D eigenvalue weighted by Crippen LogP contribution is -2.57. The van der Waals surface area contributed by atoms with Crippen molar-refractivity contribution >= 4 is 11.8 Å². The SMILES string of the molecule is COCC1(C(=O)N2CCN(C(=O)c3cccc(F)c3)CC2)CCNCC1. The first kappa shape index (κ1) is 18.8. The van der Waals surface area contributed by atoms with E-state index in [1.165, 1.54) is 18.2 Å². The van der Waals surface area contributed by atoms with Gasteiger partial charge in [-0.25, -0.2) is 4.39 Å². The number of benzene rings is 1. The molecule has 2 heterocycles. The monoisotopic (exact) mass is 363 g/mol. The Morgan fingerprint density at radius 2 is 1.81 bits per heavy atom. The van der Waals surface area contributed by atoms with E-state index in [1.807, 2.05) is 4.90 Å². The van der Waals surface area contributed by atoms with Gasteiger partial charge in [-0.3, -0.25) is 9.59 Å². The minimum absolute atomic E-state index is 0.124. The van der Waals surface area contributed by atoms with Crippen molar-refractivity contribution in [2.24, 2.45) is 5.41 Å². The highest BCUT2D eigenvalue weighted by Crippen LogP contribution is 2.32. The maximum absolute atomic E-state index is 13.3. The normalized spacial score (nSPS) is 20.1. The molecule has 0 aliphatic carbocycles. The van der Waals surface area contributed by atoms with Crippen LogP contribution in [0.4, 0.5) is 4.39 Å². The van der Waals surface area contributed by atoms with Gasteiger partial charge in [0, 0.05) is 38.9 Å². The second kappa shape index (κ2) is 8.14. The topological polar surface area (TPSA) is 61.9 Å². The standard InChI is InChI=1S/C19H26FN3O3/c1-26-14-19(5-7-21-8-6-19)18(25)23-11-9-22(10-12-23)17(24)15-3-2-4-16(20)13-15/h2-4,13,21H,5-12,14H2,1H3. The van der Waals surface area contributed by atoms with Crippen molar-refractivity contribution in [2.75, 3.05) is 53.0 Å². The fourth-order valence-electron chi connectivity index (χ4n) is 3.85. The Morgan fingerprint density at radius 1 is 1.15 bits per heavy atom. The van der Waals surface area contributed by atoms with Gasteiger partial charge in [0.05, 0.1) is 12.0 Å². The maximum Gasteiger partial charge on any atom is 0.254 e. The largest absolute Gasteiger partial charge is 0.384 e. The van der Waals surface area contributed by atoms with Crippen LogP contribution in [0.3, 0.4) is 0 Å². The molecule has 7 heteroatoms. The Balaban J connectivity index is 1.62. The van der Waals surface area contributed by atoms with Gasteiger partial charge >= 0.3 is 0 Å². The van der Waals surface area contributed by atoms with E-state index in [0.29, 0.717) is 38.3 Å². The third-order valence-corrected chi connectivity index (χ3v) is 5.36. The van der Waals surface area contributed by atoms with E-state index < -0.39 is 11.2 Å². The first-order chi connectivity index (χ1) is 12.6. The summed E-state index contributed by atoms with van der Waals surface area (Å²) in [5, 5.41) is 3.29. The number of rotatable bonds is 4. The van der Waals surface area contributed by atoms with Crippen LogP contribution in [0, 0.1) is 11.2 Å². The smallest absolute Gasteiger partial charge is 0.254 e. The van der Waals surface area contributed by atoms with Crippen LogP contribution in [0.1, 0.15) is 23.2 Å². The highest BCUT2D eigenvalue weighted by Gasteiger charge is 2.43. The molecule has 1 aromatic rings. The number of nitrogens with one attached hydrogen (secondary N) is 1. The van der Waals surface area contributed by atoms with Gasteiger partial charge in [0.15, 0.2) is 0 Å². The van der Waals surface area contributed by atoms with E-state index in [1.54, 1.807) is 18.1 Å². The highest BCUT2D eigenvalue weighted by atomic mass is 19.1. The summed E-state index contributed by atoms with van der Waals surface area (Å²) in [7, 11) is 1.63. The molecule has 1 N–H and O–H groups in total. The third-order valence-electron chi connectivity index (χ3n) is 5.36. The van der Waals surface area contributed by atoms with Crippen LogP contribution in [0.2, 0.25) is 0 Å². The van der Waals surface area contributed by atoms with Gasteiger partial charge in [-0.05, 0) is 44.1 Å². The average molecular weight is 363 g/mol. The molecule has 6 nitrogen and oxygen atoms in total. The summed E-state index contributed by atoms with van der Waals surface area (Å²) in [6, 6.07) is 5.73. The van der Waals surface area contributed by atoms with Crippen LogP contribution in [-0.2, 0) is 9.53 Å². The average Bonchev–Trinajstić information content (AvgIpc) is 2.68. The van der Waals surface area contributed by atoms with E-state index in [-0.39, 0.29) is 11.8 Å². The van der Waals surface area contributed by atoms with Crippen molar-refractivity contribution < 1.29 is 18.7 Å². The zero-order valence-electron chi connectivity index (χ0n) is 15.2. The molecule has 0 unspecified atom stereocenters. The summed E-state index contributed by atoms with van der Waals surface area (Å²) < 4.78 is 18.7. The quantitative estimate of drug-likeness (QED) is 0.871. The van der Waals surface area contributed by atoms with Crippen LogP contribution in [0.5, 0.6) is 0 Å². The molecular formula is C19H26FN3O3. The first-order valence-electron chi connectivity index (χ1n) is 9.10. The second-order valence-electron chi connectivity index (χ2n) is 7.06. The summed E-state index contributed by atoms with van der Waals surface area (Å²) in [4.78, 5) is 29.2. The van der Waals surface area contributed by atoms with E-state index in [9.17, 15) is 14.0 Å². The molecule has 1 aromatic carbocycles. The molecular weight excluding hydrogens is 337 g/mol. The molecule has 2 amide bonds. The lowest BCUT2D eigenvalue weighted by atomic mass is 9.78. The van der Waals surface area contributed by atoms with Gasteiger partial charge in [0.1, 0.15) is 5.82 Å². The summed E-state index contributed by atoms with van der Waals surface area (Å²) >= 11 is 0. The van der Waals surface area contributed by atoms with Crippen LogP contribution in [-0.4, -0.2) is 74.6 Å². The molecule has 0 atom stereocenters. The number of hydrogen-bond donors (Lipinski definition) is 1. The lowest BCUT2D eigenvalue weighted by Gasteiger charge is -2.42. The van der Waals surface area contributed by atoms with Crippen LogP contribution in [0.25, 0.3) is 0 Å². The summed E-state index contributed by atoms with van der Waals surface area (Å²) in [6.45, 7) is 3.97. The molecule has 0 spiro atoms. The van der Waals surface area contributed by atoms with Crippen LogP contribution in [0.15, 0.2) is 24.3 Å². The zero-order chi connectivity index (χ0) is 18.6. The van der Waals surface area contributed by atoms with Crippen molar-refractivity contribution in [1.29, 1.82) is 0 Å². The van der Waals surface area contributed by atoms with E-state index in [4.69, 9.17) is 4.74 Å². The van der Waals surface area contributed by atoms with Crippen molar-refractivity contribution in [2.45, 2.75) is 12.8 Å². The van der Waals surface area contributed by atoms with E-state index in [0.717, 1.165) is 25.9 Å². The Hall–Kier alpha value is -1.99. The van der Waals surface area contributed by atoms with E-state index >= 15 is 0 Å². The number of piperidine rings is 1.